The highest BCUT2D eigenvalue weighted by atomic mass is 15.1. The van der Waals surface area contributed by atoms with Crippen LogP contribution < -0.4 is 11.1 Å². The highest BCUT2D eigenvalue weighted by Crippen LogP contribution is 2.29. The molecule has 0 spiro atoms. The molecule has 1 aliphatic rings. The van der Waals surface area contributed by atoms with Crippen LogP contribution in [0.4, 0.5) is 11.8 Å². The number of fused-ring (bicyclic) bond motifs is 1. The molecular formula is C17H25N5. The number of nitrogens with zero attached hydrogens (tertiary/aromatic N) is 3. The molecular weight excluding hydrogens is 274 g/mol. The van der Waals surface area contributed by atoms with E-state index in [4.69, 9.17) is 5.73 Å². The molecule has 5 nitrogen and oxygen atoms in total. The van der Waals surface area contributed by atoms with E-state index in [1.165, 1.54) is 38.5 Å². The second-order valence-electron chi connectivity index (χ2n) is 6.43. The van der Waals surface area contributed by atoms with Crippen LogP contribution in [0.15, 0.2) is 12.4 Å². The van der Waals surface area contributed by atoms with Crippen molar-refractivity contribution in [1.29, 1.82) is 0 Å². The Kier molecular flexibility index (Phi) is 4.41. The third kappa shape index (κ3) is 3.13. The minimum atomic E-state index is 0.491. The minimum absolute atomic E-state index is 0.491. The molecule has 2 aromatic heterocycles. The van der Waals surface area contributed by atoms with Crippen molar-refractivity contribution in [3.05, 3.63) is 18.0 Å². The van der Waals surface area contributed by atoms with Gasteiger partial charge >= 0.3 is 0 Å². The Morgan fingerprint density at radius 3 is 2.68 bits per heavy atom. The van der Waals surface area contributed by atoms with Gasteiger partial charge in [0.15, 0.2) is 0 Å². The Morgan fingerprint density at radius 2 is 1.95 bits per heavy atom. The molecule has 2 aromatic rings. The lowest BCUT2D eigenvalue weighted by molar-refractivity contribution is 0.318. The fraction of sp³-hybridized carbons (Fsp3) is 0.588. The molecule has 0 saturated heterocycles. The van der Waals surface area contributed by atoms with Gasteiger partial charge in [-0.15, -0.1) is 0 Å². The van der Waals surface area contributed by atoms with Crippen LogP contribution in [0.25, 0.3) is 10.9 Å². The summed E-state index contributed by atoms with van der Waals surface area (Å²) in [5.41, 5.74) is 7.81. The number of hydrogen-bond donors (Lipinski definition) is 2. The Labute approximate surface area is 131 Å². The Balaban J connectivity index is 1.71. The van der Waals surface area contributed by atoms with E-state index in [-0.39, 0.29) is 0 Å². The Bertz CT molecular complexity index is 647. The molecule has 0 amide bonds. The first-order valence-corrected chi connectivity index (χ1v) is 8.31. The molecule has 5 heteroatoms. The van der Waals surface area contributed by atoms with E-state index in [0.717, 1.165) is 22.4 Å². The summed E-state index contributed by atoms with van der Waals surface area (Å²) in [6.45, 7) is 4.28. The van der Waals surface area contributed by atoms with Gasteiger partial charge in [0.2, 0.25) is 5.95 Å². The number of nitrogens with two attached hydrogens (primary N) is 1. The van der Waals surface area contributed by atoms with Crippen LogP contribution in [-0.4, -0.2) is 21.0 Å². The van der Waals surface area contributed by atoms with Gasteiger partial charge in [0.25, 0.3) is 0 Å². The zero-order valence-electron chi connectivity index (χ0n) is 13.5. The van der Waals surface area contributed by atoms with E-state index < -0.39 is 0 Å². The third-order valence-corrected chi connectivity index (χ3v) is 4.71. The van der Waals surface area contributed by atoms with Crippen molar-refractivity contribution in [2.45, 2.75) is 58.4 Å². The summed E-state index contributed by atoms with van der Waals surface area (Å²) in [7, 11) is 0. The van der Waals surface area contributed by atoms with Crippen molar-refractivity contribution >= 4 is 22.7 Å². The molecule has 22 heavy (non-hydrogen) atoms. The summed E-state index contributed by atoms with van der Waals surface area (Å²) in [6, 6.07) is 0.491. The molecule has 0 unspecified atom stereocenters. The van der Waals surface area contributed by atoms with Crippen LogP contribution >= 0.6 is 0 Å². The molecule has 0 radical (unpaired) electrons. The maximum Gasteiger partial charge on any atom is 0.223 e. The first-order valence-electron chi connectivity index (χ1n) is 8.31. The van der Waals surface area contributed by atoms with Crippen molar-refractivity contribution in [2.24, 2.45) is 5.92 Å². The first-order chi connectivity index (χ1) is 10.7. The van der Waals surface area contributed by atoms with E-state index >= 15 is 0 Å². The molecule has 0 aliphatic heterocycles. The van der Waals surface area contributed by atoms with Gasteiger partial charge in [-0.25, -0.2) is 15.0 Å². The zero-order chi connectivity index (χ0) is 15.5. The predicted molar refractivity (Wildman–Crippen MR) is 90.8 cm³/mol. The van der Waals surface area contributed by atoms with Gasteiger partial charge in [0.05, 0.1) is 10.9 Å². The van der Waals surface area contributed by atoms with Gasteiger partial charge in [-0.05, 0) is 44.1 Å². The molecule has 118 valence electrons. The van der Waals surface area contributed by atoms with Gasteiger partial charge in [-0.3, -0.25) is 0 Å². The van der Waals surface area contributed by atoms with Gasteiger partial charge in [0, 0.05) is 18.4 Å². The van der Waals surface area contributed by atoms with Crippen LogP contribution in [0, 0.1) is 12.8 Å². The number of nitrogens with one attached hydrogen (secondary N) is 1. The van der Waals surface area contributed by atoms with E-state index in [0.29, 0.717) is 17.8 Å². The summed E-state index contributed by atoms with van der Waals surface area (Å²) >= 11 is 0. The lowest BCUT2D eigenvalue weighted by Gasteiger charge is -2.29. The Hall–Kier alpha value is -1.91. The fourth-order valence-electron chi connectivity index (χ4n) is 3.42. The molecule has 2 heterocycles. The highest BCUT2D eigenvalue weighted by Gasteiger charge is 2.21. The maximum atomic E-state index is 5.89. The maximum absolute atomic E-state index is 5.89. The van der Waals surface area contributed by atoms with E-state index in [2.05, 4.69) is 27.2 Å². The molecule has 3 N–H and O–H groups in total. The molecule has 0 aromatic carbocycles. The summed E-state index contributed by atoms with van der Waals surface area (Å²) in [4.78, 5) is 13.2. The number of pyridine rings is 1. The molecule has 0 bridgehead atoms. The standard InChI is InChI=1S/C17H25N5/c1-3-4-12-5-7-13(8-6-12)21-17-20-10-14-15(22-17)11(2)9-19-16(14)18/h9-10,12-13H,3-8H2,1-2H3,(H2,18,19)(H,20,21,22). The number of hydrogen-bond acceptors (Lipinski definition) is 5. The van der Waals surface area contributed by atoms with E-state index in [9.17, 15) is 0 Å². The van der Waals surface area contributed by atoms with Crippen LogP contribution in [0.3, 0.4) is 0 Å². The van der Waals surface area contributed by atoms with E-state index in [1.54, 1.807) is 12.4 Å². The average molecular weight is 299 g/mol. The predicted octanol–water partition coefficient (Wildman–Crippen LogP) is 3.69. The molecule has 1 aliphatic carbocycles. The van der Waals surface area contributed by atoms with Crippen LogP contribution in [0.1, 0.15) is 51.0 Å². The van der Waals surface area contributed by atoms with Crippen LogP contribution in [0.5, 0.6) is 0 Å². The lowest BCUT2D eigenvalue weighted by atomic mass is 9.83. The van der Waals surface area contributed by atoms with Crippen LogP contribution in [-0.2, 0) is 0 Å². The number of anilines is 2. The van der Waals surface area contributed by atoms with Crippen molar-refractivity contribution in [3.8, 4) is 0 Å². The van der Waals surface area contributed by atoms with Gasteiger partial charge in [0.1, 0.15) is 5.82 Å². The minimum Gasteiger partial charge on any atom is -0.383 e. The van der Waals surface area contributed by atoms with Crippen molar-refractivity contribution in [1.82, 2.24) is 15.0 Å². The number of rotatable bonds is 4. The molecule has 1 saturated carbocycles. The quantitative estimate of drug-likeness (QED) is 0.900. The Morgan fingerprint density at radius 1 is 1.18 bits per heavy atom. The second kappa shape index (κ2) is 6.46. The SMILES string of the molecule is CCCC1CCC(Nc2ncc3c(N)ncc(C)c3n2)CC1. The number of aryl methyl sites for hydroxylation is 1. The first kappa shape index (κ1) is 15.0. The zero-order valence-corrected chi connectivity index (χ0v) is 13.5. The van der Waals surface area contributed by atoms with Gasteiger partial charge in [-0.1, -0.05) is 19.8 Å². The smallest absolute Gasteiger partial charge is 0.223 e. The highest BCUT2D eigenvalue weighted by molar-refractivity contribution is 5.89. The van der Waals surface area contributed by atoms with E-state index in [1.807, 2.05) is 6.92 Å². The van der Waals surface area contributed by atoms with Crippen molar-refractivity contribution in [2.75, 3.05) is 11.1 Å². The third-order valence-electron chi connectivity index (χ3n) is 4.71. The lowest BCUT2D eigenvalue weighted by Crippen LogP contribution is -2.27. The average Bonchev–Trinajstić information content (AvgIpc) is 2.53. The number of aromatic nitrogens is 3. The normalized spacial score (nSPS) is 21.9. The second-order valence-corrected chi connectivity index (χ2v) is 6.43. The molecule has 1 fully saturated rings. The largest absolute Gasteiger partial charge is 0.383 e. The summed E-state index contributed by atoms with van der Waals surface area (Å²) in [5.74, 6) is 2.11. The topological polar surface area (TPSA) is 76.7 Å². The van der Waals surface area contributed by atoms with Crippen molar-refractivity contribution in [3.63, 3.8) is 0 Å². The number of nitrogen functional groups attached to an aromatic ring is 1. The monoisotopic (exact) mass is 299 g/mol. The summed E-state index contributed by atoms with van der Waals surface area (Å²) in [5, 5.41) is 4.33. The summed E-state index contributed by atoms with van der Waals surface area (Å²) in [6.07, 6.45) is 11.3. The van der Waals surface area contributed by atoms with Gasteiger partial charge in [-0.2, -0.15) is 0 Å². The van der Waals surface area contributed by atoms with Crippen LogP contribution in [0.2, 0.25) is 0 Å². The fourth-order valence-corrected chi connectivity index (χ4v) is 3.42. The van der Waals surface area contributed by atoms with Crippen molar-refractivity contribution < 1.29 is 0 Å². The summed E-state index contributed by atoms with van der Waals surface area (Å²) < 4.78 is 0. The molecule has 0 atom stereocenters. The van der Waals surface area contributed by atoms with Gasteiger partial charge < -0.3 is 11.1 Å². The molecule has 3 rings (SSSR count).